The Balaban J connectivity index is 1.43. The number of hydrogen-bond donors (Lipinski definition) is 2. The highest BCUT2D eigenvalue weighted by Crippen LogP contribution is 2.28. The molecule has 0 aliphatic carbocycles. The van der Waals surface area contributed by atoms with E-state index in [1.165, 1.54) is 5.56 Å². The summed E-state index contributed by atoms with van der Waals surface area (Å²) in [5, 5.41) is 23.0. The zero-order valence-electron chi connectivity index (χ0n) is 15.3. The minimum absolute atomic E-state index is 0.493. The Kier molecular flexibility index (Phi) is 7.53. The van der Waals surface area contributed by atoms with E-state index < -0.39 is 6.10 Å². The summed E-state index contributed by atoms with van der Waals surface area (Å²) in [6.45, 7) is 1.28. The fourth-order valence-electron chi connectivity index (χ4n) is 2.76. The van der Waals surface area contributed by atoms with E-state index in [0.29, 0.717) is 17.1 Å². The standard InChI is InChI=1S/C23H21ClN2OS/c24-20-3-1-2-19(14-20)23(27)16-26-13-12-17-4-8-21(9-5-17)28-22-10-6-18(15-25)7-11-22/h1-11,14,23,26-27H,12-13,16H2/t23-/m1/s1. The van der Waals surface area contributed by atoms with Gasteiger partial charge in [-0.3, -0.25) is 0 Å². The van der Waals surface area contributed by atoms with Crippen LogP contribution in [0.25, 0.3) is 0 Å². The van der Waals surface area contributed by atoms with E-state index in [0.717, 1.165) is 28.3 Å². The number of hydrogen-bond acceptors (Lipinski definition) is 4. The van der Waals surface area contributed by atoms with Crippen molar-refractivity contribution >= 4 is 23.4 Å². The molecule has 0 saturated heterocycles. The minimum Gasteiger partial charge on any atom is -0.387 e. The summed E-state index contributed by atoms with van der Waals surface area (Å²) in [5.74, 6) is 0. The first kappa shape index (κ1) is 20.4. The van der Waals surface area contributed by atoms with Gasteiger partial charge >= 0.3 is 0 Å². The fourth-order valence-corrected chi connectivity index (χ4v) is 3.78. The fraction of sp³-hybridized carbons (Fsp3) is 0.174. The SMILES string of the molecule is N#Cc1ccc(Sc2ccc(CCNC[C@@H](O)c3cccc(Cl)c3)cc2)cc1. The van der Waals surface area contributed by atoms with Crippen LogP contribution in [-0.4, -0.2) is 18.2 Å². The predicted molar refractivity (Wildman–Crippen MR) is 115 cm³/mol. The Morgan fingerprint density at radius 3 is 2.32 bits per heavy atom. The zero-order valence-corrected chi connectivity index (χ0v) is 16.9. The van der Waals surface area contributed by atoms with Crippen LogP contribution in [0.5, 0.6) is 0 Å². The maximum absolute atomic E-state index is 10.2. The Hall–Kier alpha value is -2.29. The van der Waals surface area contributed by atoms with Gasteiger partial charge in [-0.1, -0.05) is 47.6 Å². The second kappa shape index (κ2) is 10.3. The molecule has 28 heavy (non-hydrogen) atoms. The Bertz CT molecular complexity index is 936. The smallest absolute Gasteiger partial charge is 0.0991 e. The average Bonchev–Trinajstić information content (AvgIpc) is 2.73. The Morgan fingerprint density at radius 2 is 1.68 bits per heavy atom. The molecule has 1 atom stereocenters. The quantitative estimate of drug-likeness (QED) is 0.501. The van der Waals surface area contributed by atoms with Crippen molar-refractivity contribution in [3.63, 3.8) is 0 Å². The lowest BCUT2D eigenvalue weighted by atomic mass is 10.1. The van der Waals surface area contributed by atoms with Crippen LogP contribution in [0.15, 0.2) is 82.6 Å². The summed E-state index contributed by atoms with van der Waals surface area (Å²) in [7, 11) is 0. The van der Waals surface area contributed by atoms with Gasteiger partial charge in [-0.25, -0.2) is 0 Å². The van der Waals surface area contributed by atoms with Gasteiger partial charge in [0.25, 0.3) is 0 Å². The van der Waals surface area contributed by atoms with Crippen LogP contribution >= 0.6 is 23.4 Å². The molecule has 2 N–H and O–H groups in total. The van der Waals surface area contributed by atoms with Gasteiger partial charge in [0.1, 0.15) is 0 Å². The molecule has 0 amide bonds. The van der Waals surface area contributed by atoms with Crippen molar-refractivity contribution in [1.29, 1.82) is 5.26 Å². The molecule has 3 aromatic carbocycles. The van der Waals surface area contributed by atoms with Gasteiger partial charge in [-0.05, 0) is 72.6 Å². The van der Waals surface area contributed by atoms with Gasteiger partial charge in [0, 0.05) is 21.4 Å². The lowest BCUT2D eigenvalue weighted by Gasteiger charge is -2.12. The third-order valence-corrected chi connectivity index (χ3v) is 5.55. The molecule has 0 radical (unpaired) electrons. The number of nitrogens with zero attached hydrogens (tertiary/aromatic N) is 1. The third-order valence-electron chi connectivity index (χ3n) is 4.30. The molecule has 5 heteroatoms. The summed E-state index contributed by atoms with van der Waals surface area (Å²) < 4.78 is 0. The highest BCUT2D eigenvalue weighted by Gasteiger charge is 2.07. The number of aliphatic hydroxyl groups is 1. The third kappa shape index (κ3) is 6.12. The molecule has 0 saturated carbocycles. The van der Waals surface area contributed by atoms with Gasteiger partial charge in [-0.15, -0.1) is 0 Å². The van der Waals surface area contributed by atoms with Crippen molar-refractivity contribution in [1.82, 2.24) is 5.32 Å². The van der Waals surface area contributed by atoms with Crippen LogP contribution in [0.1, 0.15) is 22.8 Å². The summed E-state index contributed by atoms with van der Waals surface area (Å²) in [6, 6.07) is 25.5. The van der Waals surface area contributed by atoms with Crippen molar-refractivity contribution < 1.29 is 5.11 Å². The Morgan fingerprint density at radius 1 is 1.00 bits per heavy atom. The highest BCUT2D eigenvalue weighted by molar-refractivity contribution is 7.99. The van der Waals surface area contributed by atoms with Crippen molar-refractivity contribution in [3.05, 3.63) is 94.5 Å². The van der Waals surface area contributed by atoms with Gasteiger partial charge in [0.05, 0.1) is 17.7 Å². The second-order valence-corrected chi connectivity index (χ2v) is 7.99. The Labute approximate surface area is 175 Å². The molecule has 0 aliphatic rings. The molecule has 0 aromatic heterocycles. The molecule has 0 aliphatic heterocycles. The van der Waals surface area contributed by atoms with E-state index in [4.69, 9.17) is 16.9 Å². The molecule has 0 unspecified atom stereocenters. The van der Waals surface area contributed by atoms with Crippen molar-refractivity contribution in [2.24, 2.45) is 0 Å². The molecule has 142 valence electrons. The molecule has 0 fully saturated rings. The van der Waals surface area contributed by atoms with Gasteiger partial charge in [-0.2, -0.15) is 5.26 Å². The van der Waals surface area contributed by atoms with Crippen molar-refractivity contribution in [2.75, 3.05) is 13.1 Å². The number of nitrogens with one attached hydrogen (secondary N) is 1. The predicted octanol–water partition coefficient (Wildman–Crippen LogP) is 5.23. The van der Waals surface area contributed by atoms with E-state index in [9.17, 15) is 5.11 Å². The molecule has 0 bridgehead atoms. The lowest BCUT2D eigenvalue weighted by Crippen LogP contribution is -2.23. The molecular weight excluding hydrogens is 388 g/mol. The van der Waals surface area contributed by atoms with Crippen LogP contribution < -0.4 is 5.32 Å². The largest absolute Gasteiger partial charge is 0.387 e. The van der Waals surface area contributed by atoms with Crippen molar-refractivity contribution in [3.8, 4) is 6.07 Å². The first-order valence-electron chi connectivity index (χ1n) is 9.05. The number of rotatable bonds is 8. The molecular formula is C23H21ClN2OS. The number of nitriles is 1. The normalized spacial score (nSPS) is 11.8. The summed E-state index contributed by atoms with van der Waals surface area (Å²) in [5.41, 5.74) is 2.74. The lowest BCUT2D eigenvalue weighted by molar-refractivity contribution is 0.175. The molecule has 3 nitrogen and oxygen atoms in total. The average molecular weight is 409 g/mol. The van der Waals surface area contributed by atoms with Crippen LogP contribution in [0.4, 0.5) is 0 Å². The van der Waals surface area contributed by atoms with E-state index in [1.54, 1.807) is 23.9 Å². The van der Waals surface area contributed by atoms with Crippen molar-refractivity contribution in [2.45, 2.75) is 22.3 Å². The van der Waals surface area contributed by atoms with E-state index in [2.05, 4.69) is 35.7 Å². The second-order valence-electron chi connectivity index (χ2n) is 6.41. The molecule has 3 rings (SSSR count). The van der Waals surface area contributed by atoms with E-state index in [-0.39, 0.29) is 0 Å². The molecule has 0 heterocycles. The maximum atomic E-state index is 10.2. The van der Waals surface area contributed by atoms with Gasteiger partial charge in [0.2, 0.25) is 0 Å². The highest BCUT2D eigenvalue weighted by atomic mass is 35.5. The topological polar surface area (TPSA) is 56.0 Å². The summed E-state index contributed by atoms with van der Waals surface area (Å²) >= 11 is 7.64. The van der Waals surface area contributed by atoms with Gasteiger partial charge in [0.15, 0.2) is 0 Å². The number of halogens is 1. The van der Waals surface area contributed by atoms with Crippen LogP contribution in [0.2, 0.25) is 5.02 Å². The van der Waals surface area contributed by atoms with Crippen LogP contribution in [0, 0.1) is 11.3 Å². The summed E-state index contributed by atoms with van der Waals surface area (Å²) in [6.07, 6.45) is 0.328. The van der Waals surface area contributed by atoms with Crippen LogP contribution in [0.3, 0.4) is 0 Å². The monoisotopic (exact) mass is 408 g/mol. The van der Waals surface area contributed by atoms with E-state index >= 15 is 0 Å². The van der Waals surface area contributed by atoms with E-state index in [1.807, 2.05) is 36.4 Å². The van der Waals surface area contributed by atoms with Crippen LogP contribution in [-0.2, 0) is 6.42 Å². The van der Waals surface area contributed by atoms with Gasteiger partial charge < -0.3 is 10.4 Å². The molecule has 0 spiro atoms. The zero-order chi connectivity index (χ0) is 19.8. The number of benzene rings is 3. The number of aliphatic hydroxyl groups excluding tert-OH is 1. The minimum atomic E-state index is -0.565. The first-order valence-corrected chi connectivity index (χ1v) is 10.2. The maximum Gasteiger partial charge on any atom is 0.0991 e. The first-order chi connectivity index (χ1) is 13.6. The summed E-state index contributed by atoms with van der Waals surface area (Å²) in [4.78, 5) is 2.28. The molecule has 3 aromatic rings.